The molecule has 1 saturated heterocycles. The lowest BCUT2D eigenvalue weighted by Crippen LogP contribution is -2.35. The van der Waals surface area contributed by atoms with Gasteiger partial charge in [-0.15, -0.1) is 0 Å². The summed E-state index contributed by atoms with van der Waals surface area (Å²) in [6.07, 6.45) is 1.50. The van der Waals surface area contributed by atoms with Gasteiger partial charge in [-0.2, -0.15) is 9.45 Å². The van der Waals surface area contributed by atoms with Crippen molar-refractivity contribution < 1.29 is 18.8 Å². The molecule has 1 aliphatic heterocycles. The van der Waals surface area contributed by atoms with Crippen LogP contribution in [-0.2, 0) is 9.57 Å². The minimum atomic E-state index is -0.589. The van der Waals surface area contributed by atoms with Crippen LogP contribution in [0, 0.1) is 5.95 Å². The molecule has 0 N–H and O–H groups in total. The Morgan fingerprint density at radius 1 is 1.53 bits per heavy atom. The standard InChI is InChI=1S/C13H17FN2O3/c1-13(2,3)19-12(17)16-10(6-7-18-16)9-4-5-11(14)15-8-9/h4-5,8,10H,6-7H2,1-3H3. The molecule has 0 aromatic carbocycles. The van der Waals surface area contributed by atoms with Crippen molar-refractivity contribution in [3.05, 3.63) is 29.8 Å². The van der Waals surface area contributed by atoms with Gasteiger partial charge in [0.2, 0.25) is 5.95 Å². The van der Waals surface area contributed by atoms with Gasteiger partial charge in [0.1, 0.15) is 5.60 Å². The van der Waals surface area contributed by atoms with Crippen molar-refractivity contribution in [2.24, 2.45) is 0 Å². The van der Waals surface area contributed by atoms with E-state index in [1.807, 2.05) is 0 Å². The van der Waals surface area contributed by atoms with E-state index in [0.29, 0.717) is 13.0 Å². The van der Waals surface area contributed by atoms with Crippen molar-refractivity contribution in [2.75, 3.05) is 6.61 Å². The minimum absolute atomic E-state index is 0.289. The fraction of sp³-hybridized carbons (Fsp3) is 0.538. The molecule has 1 aromatic heterocycles. The third-order valence-electron chi connectivity index (χ3n) is 2.61. The Balaban J connectivity index is 2.12. The zero-order valence-electron chi connectivity index (χ0n) is 11.2. The zero-order chi connectivity index (χ0) is 14.0. The molecule has 2 heterocycles. The van der Waals surface area contributed by atoms with Crippen LogP contribution < -0.4 is 0 Å². The molecule has 0 aliphatic carbocycles. The highest BCUT2D eigenvalue weighted by atomic mass is 19.1. The summed E-state index contributed by atoms with van der Waals surface area (Å²) >= 11 is 0. The number of nitrogens with zero attached hydrogens (tertiary/aromatic N) is 2. The number of hydrogen-bond acceptors (Lipinski definition) is 4. The van der Waals surface area contributed by atoms with Crippen LogP contribution in [0.4, 0.5) is 9.18 Å². The van der Waals surface area contributed by atoms with Crippen LogP contribution in [0.15, 0.2) is 18.3 Å². The predicted octanol–water partition coefficient (Wildman–Crippen LogP) is 2.83. The Hall–Kier alpha value is -1.69. The van der Waals surface area contributed by atoms with Crippen molar-refractivity contribution in [1.82, 2.24) is 10.0 Å². The predicted molar refractivity (Wildman–Crippen MR) is 65.6 cm³/mol. The Morgan fingerprint density at radius 3 is 2.84 bits per heavy atom. The van der Waals surface area contributed by atoms with Crippen molar-refractivity contribution in [3.63, 3.8) is 0 Å². The van der Waals surface area contributed by atoms with Gasteiger partial charge in [0.15, 0.2) is 0 Å². The fourth-order valence-electron chi connectivity index (χ4n) is 1.84. The largest absolute Gasteiger partial charge is 0.442 e. The number of carbonyl (C=O) groups is 1. The normalized spacial score (nSPS) is 19.6. The summed E-state index contributed by atoms with van der Waals surface area (Å²) in [6.45, 7) is 5.78. The number of hydrogen-bond donors (Lipinski definition) is 0. The molecule has 1 atom stereocenters. The number of carbonyl (C=O) groups excluding carboxylic acids is 1. The molecule has 2 rings (SSSR count). The average molecular weight is 268 g/mol. The van der Waals surface area contributed by atoms with E-state index in [1.54, 1.807) is 26.8 Å². The third-order valence-corrected chi connectivity index (χ3v) is 2.61. The van der Waals surface area contributed by atoms with Gasteiger partial charge in [-0.3, -0.25) is 4.84 Å². The topological polar surface area (TPSA) is 51.7 Å². The van der Waals surface area contributed by atoms with Gasteiger partial charge in [-0.25, -0.2) is 9.78 Å². The molecule has 104 valence electrons. The van der Waals surface area contributed by atoms with Gasteiger partial charge in [0, 0.05) is 12.6 Å². The van der Waals surface area contributed by atoms with Gasteiger partial charge in [-0.1, -0.05) is 6.07 Å². The van der Waals surface area contributed by atoms with Gasteiger partial charge < -0.3 is 4.74 Å². The second kappa shape index (κ2) is 5.13. The number of rotatable bonds is 1. The number of halogens is 1. The highest BCUT2D eigenvalue weighted by Crippen LogP contribution is 2.31. The Bertz CT molecular complexity index is 456. The second-order valence-electron chi connectivity index (χ2n) is 5.36. The van der Waals surface area contributed by atoms with E-state index in [-0.39, 0.29) is 6.04 Å². The van der Waals surface area contributed by atoms with Gasteiger partial charge in [0.05, 0.1) is 12.6 Å². The molecular formula is C13H17FN2O3. The number of hydroxylamine groups is 2. The molecule has 19 heavy (non-hydrogen) atoms. The van der Waals surface area contributed by atoms with Crippen LogP contribution in [0.3, 0.4) is 0 Å². The van der Waals surface area contributed by atoms with Crippen LogP contribution in [0.25, 0.3) is 0 Å². The maximum Gasteiger partial charge on any atom is 0.435 e. The molecule has 1 aromatic rings. The van der Waals surface area contributed by atoms with E-state index in [1.165, 1.54) is 17.3 Å². The molecule has 1 fully saturated rings. The number of pyridine rings is 1. The second-order valence-corrected chi connectivity index (χ2v) is 5.36. The summed E-state index contributed by atoms with van der Waals surface area (Å²) in [5, 5.41) is 1.19. The van der Waals surface area contributed by atoms with E-state index >= 15 is 0 Å². The van der Waals surface area contributed by atoms with Crippen LogP contribution in [0.5, 0.6) is 0 Å². The number of aromatic nitrogens is 1. The lowest BCUT2D eigenvalue weighted by molar-refractivity contribution is -0.125. The van der Waals surface area contributed by atoms with Crippen molar-refractivity contribution in [1.29, 1.82) is 0 Å². The Labute approximate surface area is 111 Å². The summed E-state index contributed by atoms with van der Waals surface area (Å²) in [4.78, 5) is 20.9. The summed E-state index contributed by atoms with van der Waals surface area (Å²) in [5.41, 5.74) is 0.138. The van der Waals surface area contributed by atoms with Crippen LogP contribution in [0.2, 0.25) is 0 Å². The van der Waals surface area contributed by atoms with Crippen LogP contribution >= 0.6 is 0 Å². The van der Waals surface area contributed by atoms with Crippen LogP contribution in [0.1, 0.15) is 38.8 Å². The maximum absolute atomic E-state index is 12.8. The van der Waals surface area contributed by atoms with E-state index in [0.717, 1.165) is 5.56 Å². The van der Waals surface area contributed by atoms with Gasteiger partial charge in [0.25, 0.3) is 0 Å². The first-order valence-electron chi connectivity index (χ1n) is 6.13. The highest BCUT2D eigenvalue weighted by Gasteiger charge is 2.35. The minimum Gasteiger partial charge on any atom is -0.442 e. The quantitative estimate of drug-likeness (QED) is 0.735. The molecule has 1 amide bonds. The lowest BCUT2D eigenvalue weighted by Gasteiger charge is -2.26. The van der Waals surface area contributed by atoms with E-state index in [2.05, 4.69) is 4.98 Å². The summed E-state index contributed by atoms with van der Waals surface area (Å²) < 4.78 is 18.1. The lowest BCUT2D eigenvalue weighted by atomic mass is 10.1. The first-order chi connectivity index (χ1) is 8.87. The summed E-state index contributed by atoms with van der Waals surface area (Å²) in [7, 11) is 0. The molecule has 0 bridgehead atoms. The molecular weight excluding hydrogens is 251 g/mol. The van der Waals surface area contributed by atoms with E-state index in [9.17, 15) is 9.18 Å². The number of amides is 1. The average Bonchev–Trinajstić information content (AvgIpc) is 2.76. The molecule has 0 spiro atoms. The van der Waals surface area contributed by atoms with Crippen molar-refractivity contribution in [3.8, 4) is 0 Å². The van der Waals surface area contributed by atoms with Crippen molar-refractivity contribution >= 4 is 6.09 Å². The highest BCUT2D eigenvalue weighted by molar-refractivity contribution is 5.67. The third kappa shape index (κ3) is 3.41. The molecule has 1 unspecified atom stereocenters. The van der Waals surface area contributed by atoms with Gasteiger partial charge >= 0.3 is 6.09 Å². The summed E-state index contributed by atoms with van der Waals surface area (Å²) in [6, 6.07) is 2.57. The molecule has 0 radical (unpaired) electrons. The first kappa shape index (κ1) is 13.7. The summed E-state index contributed by atoms with van der Waals surface area (Å²) in [5.74, 6) is -0.550. The fourth-order valence-corrected chi connectivity index (χ4v) is 1.84. The first-order valence-corrected chi connectivity index (χ1v) is 6.13. The monoisotopic (exact) mass is 268 g/mol. The molecule has 6 heteroatoms. The van der Waals surface area contributed by atoms with Gasteiger partial charge in [-0.05, 0) is 32.4 Å². The maximum atomic E-state index is 12.8. The van der Waals surface area contributed by atoms with Crippen LogP contribution in [-0.4, -0.2) is 28.3 Å². The molecule has 1 aliphatic rings. The number of ether oxygens (including phenoxy) is 1. The SMILES string of the molecule is CC(C)(C)OC(=O)N1OCCC1c1ccc(F)nc1. The Morgan fingerprint density at radius 2 is 2.26 bits per heavy atom. The van der Waals surface area contributed by atoms with E-state index in [4.69, 9.17) is 9.57 Å². The molecule has 5 nitrogen and oxygen atoms in total. The van der Waals surface area contributed by atoms with E-state index < -0.39 is 17.6 Å². The molecule has 0 saturated carbocycles. The Kier molecular flexibility index (Phi) is 3.71. The van der Waals surface area contributed by atoms with Crippen molar-refractivity contribution in [2.45, 2.75) is 38.8 Å². The smallest absolute Gasteiger partial charge is 0.435 e. The zero-order valence-corrected chi connectivity index (χ0v) is 11.2.